The number of hydrogen-bond donors (Lipinski definition) is 0. The second-order valence-corrected chi connectivity index (χ2v) is 3.48. The van der Waals surface area contributed by atoms with Crippen LogP contribution in [0.15, 0.2) is 36.7 Å². The van der Waals surface area contributed by atoms with Gasteiger partial charge in [0, 0.05) is 12.8 Å². The van der Waals surface area contributed by atoms with Crippen molar-refractivity contribution < 1.29 is 0 Å². The van der Waals surface area contributed by atoms with E-state index in [2.05, 4.69) is 28.3 Å². The highest BCUT2D eigenvalue weighted by Gasteiger charge is 2.04. The fraction of sp³-hybridized carbons (Fsp3) is 0.250. The number of hydrogen-bond acceptors (Lipinski definition) is 3. The van der Waals surface area contributed by atoms with Gasteiger partial charge < -0.3 is 0 Å². The summed E-state index contributed by atoms with van der Waals surface area (Å²) in [5.41, 5.74) is 1.19. The molecule has 0 bridgehead atoms. The van der Waals surface area contributed by atoms with Gasteiger partial charge in [0.05, 0.1) is 12.6 Å². The first-order valence-electron chi connectivity index (χ1n) is 5.17. The van der Waals surface area contributed by atoms with Crippen LogP contribution < -0.4 is 0 Å². The number of nitriles is 1. The molecule has 80 valence electrons. The SMILES string of the molecule is N#CCCc1ncnn1Cc1ccccc1. The Labute approximate surface area is 94.2 Å². The van der Waals surface area contributed by atoms with Crippen LogP contribution >= 0.6 is 0 Å². The summed E-state index contributed by atoms with van der Waals surface area (Å²) in [6, 6.07) is 12.2. The lowest BCUT2D eigenvalue weighted by atomic mass is 10.2. The van der Waals surface area contributed by atoms with Crippen molar-refractivity contribution in [1.29, 1.82) is 5.26 Å². The number of nitrogens with zero attached hydrogens (tertiary/aromatic N) is 4. The minimum Gasteiger partial charge on any atom is -0.246 e. The van der Waals surface area contributed by atoms with Crippen molar-refractivity contribution in [2.75, 3.05) is 0 Å². The summed E-state index contributed by atoms with van der Waals surface area (Å²) < 4.78 is 1.84. The van der Waals surface area contributed by atoms with Crippen molar-refractivity contribution in [1.82, 2.24) is 14.8 Å². The van der Waals surface area contributed by atoms with E-state index in [1.54, 1.807) is 0 Å². The predicted octanol–water partition coefficient (Wildman–Crippen LogP) is 1.78. The summed E-state index contributed by atoms with van der Waals surface area (Å²) in [4.78, 5) is 4.15. The van der Waals surface area contributed by atoms with E-state index in [4.69, 9.17) is 5.26 Å². The minimum absolute atomic E-state index is 0.480. The van der Waals surface area contributed by atoms with Crippen molar-refractivity contribution in [2.45, 2.75) is 19.4 Å². The van der Waals surface area contributed by atoms with Crippen molar-refractivity contribution in [3.63, 3.8) is 0 Å². The first-order valence-corrected chi connectivity index (χ1v) is 5.17. The smallest absolute Gasteiger partial charge is 0.138 e. The molecule has 0 unspecified atom stereocenters. The van der Waals surface area contributed by atoms with Crippen LogP contribution in [0.1, 0.15) is 17.8 Å². The van der Waals surface area contributed by atoms with E-state index in [1.807, 2.05) is 22.9 Å². The first kappa shape index (κ1) is 10.4. The molecule has 1 heterocycles. The van der Waals surface area contributed by atoms with Gasteiger partial charge in [-0.05, 0) is 5.56 Å². The van der Waals surface area contributed by atoms with Crippen molar-refractivity contribution in [3.8, 4) is 6.07 Å². The molecule has 2 aromatic rings. The topological polar surface area (TPSA) is 54.5 Å². The van der Waals surface area contributed by atoms with Gasteiger partial charge in [0.1, 0.15) is 12.2 Å². The quantitative estimate of drug-likeness (QED) is 0.776. The highest BCUT2D eigenvalue weighted by molar-refractivity contribution is 5.15. The molecule has 0 radical (unpaired) electrons. The fourth-order valence-electron chi connectivity index (χ4n) is 1.54. The number of aromatic nitrogens is 3. The van der Waals surface area contributed by atoms with E-state index in [0.29, 0.717) is 19.4 Å². The second kappa shape index (κ2) is 5.08. The molecule has 0 atom stereocenters. The van der Waals surface area contributed by atoms with Gasteiger partial charge in [-0.2, -0.15) is 10.4 Å². The second-order valence-electron chi connectivity index (χ2n) is 3.48. The van der Waals surface area contributed by atoms with Gasteiger partial charge in [-0.3, -0.25) is 0 Å². The van der Waals surface area contributed by atoms with Crippen molar-refractivity contribution in [3.05, 3.63) is 48.0 Å². The zero-order chi connectivity index (χ0) is 11.2. The van der Waals surface area contributed by atoms with Gasteiger partial charge in [0.25, 0.3) is 0 Å². The van der Waals surface area contributed by atoms with Crippen molar-refractivity contribution in [2.24, 2.45) is 0 Å². The van der Waals surface area contributed by atoms with Gasteiger partial charge in [-0.15, -0.1) is 0 Å². The molecule has 0 aliphatic rings. The lowest BCUT2D eigenvalue weighted by molar-refractivity contribution is 0.636. The number of rotatable bonds is 4. The molecular formula is C12H12N4. The van der Waals surface area contributed by atoms with Crippen LogP contribution in [0.2, 0.25) is 0 Å². The maximum Gasteiger partial charge on any atom is 0.138 e. The van der Waals surface area contributed by atoms with Crippen LogP contribution in [0.5, 0.6) is 0 Å². The average Bonchev–Trinajstić information content (AvgIpc) is 2.75. The summed E-state index contributed by atoms with van der Waals surface area (Å²) >= 11 is 0. The number of aryl methyl sites for hydroxylation is 1. The molecule has 0 aliphatic heterocycles. The maximum absolute atomic E-state index is 8.54. The van der Waals surface area contributed by atoms with Crippen LogP contribution in [-0.2, 0) is 13.0 Å². The van der Waals surface area contributed by atoms with Crippen LogP contribution in [0.4, 0.5) is 0 Å². The Morgan fingerprint density at radius 3 is 2.81 bits per heavy atom. The molecule has 4 nitrogen and oxygen atoms in total. The molecule has 0 saturated carbocycles. The summed E-state index contributed by atoms with van der Waals surface area (Å²) in [6.07, 6.45) is 2.67. The molecule has 0 N–H and O–H groups in total. The Morgan fingerprint density at radius 2 is 2.06 bits per heavy atom. The summed E-state index contributed by atoms with van der Waals surface area (Å²) in [6.45, 7) is 0.710. The number of benzene rings is 1. The Hall–Kier alpha value is -2.15. The molecule has 0 spiro atoms. The van der Waals surface area contributed by atoms with Gasteiger partial charge in [0.15, 0.2) is 0 Å². The van der Waals surface area contributed by atoms with Gasteiger partial charge >= 0.3 is 0 Å². The summed E-state index contributed by atoms with van der Waals surface area (Å²) in [5.74, 6) is 0.866. The third-order valence-electron chi connectivity index (χ3n) is 2.33. The monoisotopic (exact) mass is 212 g/mol. The van der Waals surface area contributed by atoms with Gasteiger partial charge in [-0.25, -0.2) is 9.67 Å². The predicted molar refractivity (Wildman–Crippen MR) is 59.5 cm³/mol. The fourth-order valence-corrected chi connectivity index (χ4v) is 1.54. The van der Waals surface area contributed by atoms with Gasteiger partial charge in [-0.1, -0.05) is 30.3 Å². The van der Waals surface area contributed by atoms with Gasteiger partial charge in [0.2, 0.25) is 0 Å². The highest BCUT2D eigenvalue weighted by atomic mass is 15.3. The highest BCUT2D eigenvalue weighted by Crippen LogP contribution is 2.04. The van der Waals surface area contributed by atoms with Crippen LogP contribution in [0.25, 0.3) is 0 Å². The Bertz CT molecular complexity index is 481. The molecule has 0 fully saturated rings. The van der Waals surface area contributed by atoms with E-state index in [9.17, 15) is 0 Å². The third-order valence-corrected chi connectivity index (χ3v) is 2.33. The molecule has 2 rings (SSSR count). The minimum atomic E-state index is 0.480. The van der Waals surface area contributed by atoms with Crippen molar-refractivity contribution >= 4 is 0 Å². The lowest BCUT2D eigenvalue weighted by Gasteiger charge is -2.04. The van der Waals surface area contributed by atoms with Crippen LogP contribution in [0, 0.1) is 11.3 Å². The molecular weight excluding hydrogens is 200 g/mol. The molecule has 16 heavy (non-hydrogen) atoms. The van der Waals surface area contributed by atoms with E-state index in [-0.39, 0.29) is 0 Å². The van der Waals surface area contributed by atoms with Crippen LogP contribution in [0.3, 0.4) is 0 Å². The zero-order valence-electron chi connectivity index (χ0n) is 8.87. The first-order chi connectivity index (χ1) is 7.90. The van der Waals surface area contributed by atoms with E-state index in [1.165, 1.54) is 11.9 Å². The largest absolute Gasteiger partial charge is 0.246 e. The molecule has 1 aromatic heterocycles. The molecule has 4 heteroatoms. The zero-order valence-corrected chi connectivity index (χ0v) is 8.87. The Balaban J connectivity index is 2.10. The van der Waals surface area contributed by atoms with E-state index in [0.717, 1.165) is 5.82 Å². The molecule has 0 saturated heterocycles. The standard InChI is InChI=1S/C12H12N4/c13-8-4-7-12-14-10-15-16(12)9-11-5-2-1-3-6-11/h1-3,5-6,10H,4,7,9H2. The molecule has 0 aliphatic carbocycles. The third kappa shape index (κ3) is 2.45. The Morgan fingerprint density at radius 1 is 1.25 bits per heavy atom. The summed E-state index contributed by atoms with van der Waals surface area (Å²) in [7, 11) is 0. The maximum atomic E-state index is 8.54. The van der Waals surface area contributed by atoms with Crippen LogP contribution in [-0.4, -0.2) is 14.8 Å². The Kier molecular flexibility index (Phi) is 3.29. The normalized spacial score (nSPS) is 9.94. The average molecular weight is 212 g/mol. The lowest BCUT2D eigenvalue weighted by Crippen LogP contribution is -2.06. The van der Waals surface area contributed by atoms with E-state index >= 15 is 0 Å². The van der Waals surface area contributed by atoms with E-state index < -0.39 is 0 Å². The summed E-state index contributed by atoms with van der Waals surface area (Å²) in [5, 5.41) is 12.7. The molecule has 0 amide bonds. The molecule has 1 aromatic carbocycles.